The van der Waals surface area contributed by atoms with Crippen molar-refractivity contribution in [3.05, 3.63) is 0 Å². The maximum Gasteiger partial charge on any atom is 0.303 e. The number of carbonyl (C=O) groups is 1. The van der Waals surface area contributed by atoms with Gasteiger partial charge < -0.3 is 14.2 Å². The average molecular weight is 160 g/mol. The molecule has 0 spiro atoms. The Labute approximate surface area is 65.4 Å². The highest BCUT2D eigenvalue weighted by atomic mass is 16.6. The molecule has 0 aromatic rings. The van der Waals surface area contributed by atoms with Crippen LogP contribution in [0.15, 0.2) is 0 Å². The Hall–Kier alpha value is -0.610. The molecule has 0 radical (unpaired) electrons. The molecule has 1 aliphatic heterocycles. The van der Waals surface area contributed by atoms with E-state index in [1.807, 2.05) is 0 Å². The molecule has 64 valence electrons. The minimum Gasteiger partial charge on any atom is -0.457 e. The zero-order chi connectivity index (χ0) is 8.27. The van der Waals surface area contributed by atoms with E-state index in [9.17, 15) is 4.79 Å². The fourth-order valence-corrected chi connectivity index (χ4v) is 1.06. The van der Waals surface area contributed by atoms with Crippen molar-refractivity contribution in [2.75, 3.05) is 20.3 Å². The molecular weight excluding hydrogens is 148 g/mol. The molecule has 0 N–H and O–H groups in total. The second-order valence-corrected chi connectivity index (χ2v) is 2.46. The van der Waals surface area contributed by atoms with Crippen LogP contribution in [0.3, 0.4) is 0 Å². The SMILES string of the molecule is COC1COCC1OC(C)=O. The number of methoxy groups -OCH3 is 1. The third-order valence-electron chi connectivity index (χ3n) is 1.60. The average Bonchev–Trinajstić information content (AvgIpc) is 2.34. The van der Waals surface area contributed by atoms with E-state index in [0.29, 0.717) is 13.2 Å². The molecule has 2 unspecified atom stereocenters. The summed E-state index contributed by atoms with van der Waals surface area (Å²) >= 11 is 0. The van der Waals surface area contributed by atoms with Gasteiger partial charge in [0.05, 0.1) is 13.2 Å². The van der Waals surface area contributed by atoms with Gasteiger partial charge in [0.1, 0.15) is 6.10 Å². The van der Waals surface area contributed by atoms with Crippen LogP contribution in [0.25, 0.3) is 0 Å². The van der Waals surface area contributed by atoms with E-state index in [1.54, 1.807) is 7.11 Å². The van der Waals surface area contributed by atoms with E-state index >= 15 is 0 Å². The fourth-order valence-electron chi connectivity index (χ4n) is 1.06. The van der Waals surface area contributed by atoms with Gasteiger partial charge in [0.25, 0.3) is 0 Å². The van der Waals surface area contributed by atoms with Crippen molar-refractivity contribution >= 4 is 5.97 Å². The standard InChI is InChI=1S/C7H12O4/c1-5(8)11-7-4-10-3-6(7)9-2/h6-7H,3-4H2,1-2H3. The van der Waals surface area contributed by atoms with Crippen molar-refractivity contribution < 1.29 is 19.0 Å². The molecule has 1 heterocycles. The molecule has 4 nitrogen and oxygen atoms in total. The number of rotatable bonds is 2. The molecule has 2 atom stereocenters. The lowest BCUT2D eigenvalue weighted by Crippen LogP contribution is -2.30. The second-order valence-electron chi connectivity index (χ2n) is 2.46. The highest BCUT2D eigenvalue weighted by Gasteiger charge is 2.30. The highest BCUT2D eigenvalue weighted by molar-refractivity contribution is 5.66. The number of ether oxygens (including phenoxy) is 3. The van der Waals surface area contributed by atoms with Crippen LogP contribution in [0.5, 0.6) is 0 Å². The predicted molar refractivity (Wildman–Crippen MR) is 37.2 cm³/mol. The molecule has 0 aromatic heterocycles. The first-order valence-corrected chi connectivity index (χ1v) is 3.52. The van der Waals surface area contributed by atoms with Gasteiger partial charge in [0, 0.05) is 14.0 Å². The number of esters is 1. The maximum atomic E-state index is 10.5. The normalized spacial score (nSPS) is 30.4. The first kappa shape index (κ1) is 8.49. The summed E-state index contributed by atoms with van der Waals surface area (Å²) in [6, 6.07) is 0. The summed E-state index contributed by atoms with van der Waals surface area (Å²) in [5, 5.41) is 0. The lowest BCUT2D eigenvalue weighted by Gasteiger charge is -2.14. The van der Waals surface area contributed by atoms with Crippen molar-refractivity contribution in [3.8, 4) is 0 Å². The topological polar surface area (TPSA) is 44.8 Å². The summed E-state index contributed by atoms with van der Waals surface area (Å²) in [7, 11) is 1.58. The zero-order valence-corrected chi connectivity index (χ0v) is 6.70. The molecule has 0 aliphatic carbocycles. The summed E-state index contributed by atoms with van der Waals surface area (Å²) in [6.45, 7) is 2.33. The van der Waals surface area contributed by atoms with Crippen LogP contribution < -0.4 is 0 Å². The smallest absolute Gasteiger partial charge is 0.303 e. The molecule has 0 bridgehead atoms. The highest BCUT2D eigenvalue weighted by Crippen LogP contribution is 2.12. The molecule has 1 rings (SSSR count). The number of hydrogen-bond acceptors (Lipinski definition) is 4. The maximum absolute atomic E-state index is 10.5. The van der Waals surface area contributed by atoms with Gasteiger partial charge in [-0.1, -0.05) is 0 Å². The van der Waals surface area contributed by atoms with Gasteiger partial charge in [-0.15, -0.1) is 0 Å². The quantitative estimate of drug-likeness (QED) is 0.532. The van der Waals surface area contributed by atoms with Gasteiger partial charge in [0.15, 0.2) is 6.10 Å². The van der Waals surface area contributed by atoms with Gasteiger partial charge in [-0.3, -0.25) is 4.79 Å². The van der Waals surface area contributed by atoms with Crippen LogP contribution in [0.2, 0.25) is 0 Å². The molecule has 0 amide bonds. The van der Waals surface area contributed by atoms with Crippen molar-refractivity contribution in [1.29, 1.82) is 0 Å². The Morgan fingerprint density at radius 2 is 2.09 bits per heavy atom. The lowest BCUT2D eigenvalue weighted by molar-refractivity contribution is -0.150. The lowest BCUT2D eigenvalue weighted by atomic mass is 10.2. The molecule has 0 aromatic carbocycles. The molecule has 4 heteroatoms. The van der Waals surface area contributed by atoms with Crippen LogP contribution in [0.4, 0.5) is 0 Å². The molecule has 11 heavy (non-hydrogen) atoms. The van der Waals surface area contributed by atoms with Gasteiger partial charge in [-0.25, -0.2) is 0 Å². The van der Waals surface area contributed by atoms with Crippen molar-refractivity contribution in [3.63, 3.8) is 0 Å². The van der Waals surface area contributed by atoms with Crippen LogP contribution in [-0.2, 0) is 19.0 Å². The Kier molecular flexibility index (Phi) is 2.84. The van der Waals surface area contributed by atoms with E-state index in [1.165, 1.54) is 6.92 Å². The summed E-state index contributed by atoms with van der Waals surface area (Å²) in [6.07, 6.45) is -0.323. The van der Waals surface area contributed by atoms with Crippen molar-refractivity contribution in [2.45, 2.75) is 19.1 Å². The molecule has 1 fully saturated rings. The van der Waals surface area contributed by atoms with E-state index in [0.717, 1.165) is 0 Å². The Balaban J connectivity index is 2.37. The molecule has 1 aliphatic rings. The Bertz CT molecular complexity index is 145. The number of carbonyl (C=O) groups excluding carboxylic acids is 1. The van der Waals surface area contributed by atoms with Crippen molar-refractivity contribution in [2.24, 2.45) is 0 Å². The summed E-state index contributed by atoms with van der Waals surface area (Å²) < 4.78 is 15.0. The first-order valence-electron chi connectivity index (χ1n) is 3.52. The van der Waals surface area contributed by atoms with Crippen LogP contribution in [0.1, 0.15) is 6.92 Å². The third kappa shape index (κ3) is 2.17. The van der Waals surface area contributed by atoms with Crippen LogP contribution in [-0.4, -0.2) is 38.5 Å². The number of hydrogen-bond donors (Lipinski definition) is 0. The first-order chi connectivity index (χ1) is 5.24. The summed E-state index contributed by atoms with van der Waals surface area (Å²) in [5.74, 6) is -0.289. The van der Waals surface area contributed by atoms with Gasteiger partial charge in [-0.2, -0.15) is 0 Å². The monoisotopic (exact) mass is 160 g/mol. The Morgan fingerprint density at radius 3 is 2.64 bits per heavy atom. The molecule has 0 saturated carbocycles. The van der Waals surface area contributed by atoms with E-state index in [2.05, 4.69) is 0 Å². The van der Waals surface area contributed by atoms with Crippen LogP contribution >= 0.6 is 0 Å². The van der Waals surface area contributed by atoms with E-state index < -0.39 is 0 Å². The predicted octanol–water partition coefficient (Wildman–Crippen LogP) is -0.0367. The molecule has 1 saturated heterocycles. The van der Waals surface area contributed by atoms with E-state index in [4.69, 9.17) is 14.2 Å². The van der Waals surface area contributed by atoms with Crippen LogP contribution in [0, 0.1) is 0 Å². The Morgan fingerprint density at radius 1 is 1.45 bits per heavy atom. The van der Waals surface area contributed by atoms with Crippen molar-refractivity contribution in [1.82, 2.24) is 0 Å². The van der Waals surface area contributed by atoms with Gasteiger partial charge in [-0.05, 0) is 0 Å². The minimum absolute atomic E-state index is 0.0982. The second kappa shape index (κ2) is 3.69. The van der Waals surface area contributed by atoms with Gasteiger partial charge >= 0.3 is 5.97 Å². The zero-order valence-electron chi connectivity index (χ0n) is 6.70. The minimum atomic E-state index is -0.289. The largest absolute Gasteiger partial charge is 0.457 e. The fraction of sp³-hybridized carbons (Fsp3) is 0.857. The third-order valence-corrected chi connectivity index (χ3v) is 1.60. The van der Waals surface area contributed by atoms with Gasteiger partial charge in [0.2, 0.25) is 0 Å². The summed E-state index contributed by atoms with van der Waals surface area (Å²) in [4.78, 5) is 10.5. The molecular formula is C7H12O4. The van der Waals surface area contributed by atoms with E-state index in [-0.39, 0.29) is 18.2 Å². The summed E-state index contributed by atoms with van der Waals surface area (Å²) in [5.41, 5.74) is 0.